The van der Waals surface area contributed by atoms with Crippen LogP contribution in [0.4, 0.5) is 0 Å². The maximum Gasteiger partial charge on any atom is 0.170 e. The summed E-state index contributed by atoms with van der Waals surface area (Å²) in [6, 6.07) is 5.02. The molecule has 0 fully saturated rings. The van der Waals surface area contributed by atoms with E-state index in [1.165, 1.54) is 0 Å². The third-order valence-electron chi connectivity index (χ3n) is 3.33. The van der Waals surface area contributed by atoms with Crippen LogP contribution in [0.1, 0.15) is 27.2 Å². The standard InChI is InChI=1S/C16H15Cl2NO2/c1-9-8-19-13(10(2)16(9)21-3)7-14(20)11-5-4-6-12(17)15(11)18/h4-6,8H,7H2,1-3H3. The van der Waals surface area contributed by atoms with Crippen molar-refractivity contribution in [2.75, 3.05) is 7.11 Å². The van der Waals surface area contributed by atoms with Crippen molar-refractivity contribution in [1.29, 1.82) is 0 Å². The Morgan fingerprint density at radius 3 is 2.67 bits per heavy atom. The van der Waals surface area contributed by atoms with Crippen LogP contribution >= 0.6 is 23.2 Å². The predicted octanol–water partition coefficient (Wildman–Crippen LogP) is 4.44. The van der Waals surface area contributed by atoms with E-state index in [1.54, 1.807) is 31.5 Å². The van der Waals surface area contributed by atoms with Gasteiger partial charge in [-0.05, 0) is 26.0 Å². The molecule has 0 aliphatic carbocycles. The van der Waals surface area contributed by atoms with E-state index in [0.29, 0.717) is 16.3 Å². The molecule has 2 rings (SSSR count). The average molecular weight is 324 g/mol. The number of ether oxygens (including phenoxy) is 1. The second kappa shape index (κ2) is 6.46. The Morgan fingerprint density at radius 2 is 2.00 bits per heavy atom. The highest BCUT2D eigenvalue weighted by atomic mass is 35.5. The molecule has 0 atom stereocenters. The number of hydrogen-bond acceptors (Lipinski definition) is 3. The monoisotopic (exact) mass is 323 g/mol. The van der Waals surface area contributed by atoms with E-state index in [2.05, 4.69) is 4.98 Å². The van der Waals surface area contributed by atoms with Gasteiger partial charge in [-0.2, -0.15) is 0 Å². The van der Waals surface area contributed by atoms with Gasteiger partial charge in [-0.3, -0.25) is 9.78 Å². The van der Waals surface area contributed by atoms with Gasteiger partial charge in [0.1, 0.15) is 5.75 Å². The fourth-order valence-electron chi connectivity index (χ4n) is 2.22. The molecule has 0 aliphatic heterocycles. The molecule has 0 unspecified atom stereocenters. The largest absolute Gasteiger partial charge is 0.496 e. The second-order valence-electron chi connectivity index (χ2n) is 4.75. The first-order chi connectivity index (χ1) is 9.95. The van der Waals surface area contributed by atoms with Crippen LogP contribution in [-0.4, -0.2) is 17.9 Å². The van der Waals surface area contributed by atoms with E-state index in [4.69, 9.17) is 27.9 Å². The molecule has 0 aliphatic rings. The van der Waals surface area contributed by atoms with Crippen molar-refractivity contribution in [3.8, 4) is 5.75 Å². The van der Waals surface area contributed by atoms with Crippen LogP contribution in [0.15, 0.2) is 24.4 Å². The summed E-state index contributed by atoms with van der Waals surface area (Å²) in [6.45, 7) is 3.80. The van der Waals surface area contributed by atoms with Crippen LogP contribution in [-0.2, 0) is 6.42 Å². The highest BCUT2D eigenvalue weighted by Gasteiger charge is 2.17. The van der Waals surface area contributed by atoms with E-state index in [1.807, 2.05) is 13.8 Å². The van der Waals surface area contributed by atoms with Gasteiger partial charge in [-0.15, -0.1) is 0 Å². The molecule has 1 aromatic heterocycles. The molecule has 0 saturated heterocycles. The zero-order valence-electron chi connectivity index (χ0n) is 12.0. The lowest BCUT2D eigenvalue weighted by atomic mass is 10.0. The van der Waals surface area contributed by atoms with Crippen molar-refractivity contribution in [2.24, 2.45) is 0 Å². The molecule has 0 amide bonds. The maximum absolute atomic E-state index is 12.4. The minimum absolute atomic E-state index is 0.121. The Kier molecular flexibility index (Phi) is 4.86. The summed E-state index contributed by atoms with van der Waals surface area (Å²) < 4.78 is 5.35. The molecule has 0 bridgehead atoms. The number of aryl methyl sites for hydroxylation is 1. The Labute approximate surface area is 133 Å². The summed E-state index contributed by atoms with van der Waals surface area (Å²) in [5.74, 6) is 0.633. The number of nitrogens with zero attached hydrogens (tertiary/aromatic N) is 1. The minimum atomic E-state index is -0.121. The highest BCUT2D eigenvalue weighted by molar-refractivity contribution is 6.43. The molecular formula is C16H15Cl2NO2. The van der Waals surface area contributed by atoms with Crippen LogP contribution < -0.4 is 4.74 Å². The Balaban J connectivity index is 2.34. The number of aromatic nitrogens is 1. The quantitative estimate of drug-likeness (QED) is 0.781. The van der Waals surface area contributed by atoms with Crippen LogP contribution in [0.5, 0.6) is 5.75 Å². The summed E-state index contributed by atoms with van der Waals surface area (Å²) >= 11 is 12.0. The molecule has 1 heterocycles. The van der Waals surface area contributed by atoms with E-state index in [0.717, 1.165) is 16.9 Å². The van der Waals surface area contributed by atoms with Gasteiger partial charge in [-0.1, -0.05) is 29.3 Å². The smallest absolute Gasteiger partial charge is 0.170 e. The maximum atomic E-state index is 12.4. The first kappa shape index (κ1) is 15.8. The summed E-state index contributed by atoms with van der Waals surface area (Å²) in [6.07, 6.45) is 1.86. The van der Waals surface area contributed by atoms with Gasteiger partial charge in [0, 0.05) is 22.9 Å². The Hall–Kier alpha value is -1.58. The van der Waals surface area contributed by atoms with Crippen molar-refractivity contribution >= 4 is 29.0 Å². The highest BCUT2D eigenvalue weighted by Crippen LogP contribution is 2.28. The summed E-state index contributed by atoms with van der Waals surface area (Å²) in [7, 11) is 1.61. The third-order valence-corrected chi connectivity index (χ3v) is 4.15. The normalized spacial score (nSPS) is 10.5. The molecule has 0 radical (unpaired) electrons. The number of carbonyl (C=O) groups is 1. The van der Waals surface area contributed by atoms with Gasteiger partial charge in [-0.25, -0.2) is 0 Å². The lowest BCUT2D eigenvalue weighted by molar-refractivity contribution is 0.0992. The molecule has 2 aromatic rings. The fraction of sp³-hybridized carbons (Fsp3) is 0.250. The van der Waals surface area contributed by atoms with Gasteiger partial charge in [0.25, 0.3) is 0 Å². The van der Waals surface area contributed by atoms with Gasteiger partial charge < -0.3 is 4.74 Å². The molecule has 0 spiro atoms. The van der Waals surface area contributed by atoms with E-state index in [9.17, 15) is 4.79 Å². The predicted molar refractivity (Wildman–Crippen MR) is 84.8 cm³/mol. The molecule has 3 nitrogen and oxygen atoms in total. The van der Waals surface area contributed by atoms with Gasteiger partial charge in [0.2, 0.25) is 0 Å². The van der Waals surface area contributed by atoms with E-state index in [-0.39, 0.29) is 17.2 Å². The Morgan fingerprint density at radius 1 is 1.29 bits per heavy atom. The molecule has 0 N–H and O–H groups in total. The first-order valence-corrected chi connectivity index (χ1v) is 7.17. The number of halogens is 2. The van der Waals surface area contributed by atoms with E-state index < -0.39 is 0 Å². The number of hydrogen-bond donors (Lipinski definition) is 0. The van der Waals surface area contributed by atoms with Gasteiger partial charge in [0.15, 0.2) is 5.78 Å². The van der Waals surface area contributed by atoms with Crippen LogP contribution in [0.2, 0.25) is 10.0 Å². The average Bonchev–Trinajstić information content (AvgIpc) is 2.45. The zero-order chi connectivity index (χ0) is 15.6. The number of carbonyl (C=O) groups excluding carboxylic acids is 1. The fourth-order valence-corrected chi connectivity index (χ4v) is 2.62. The number of rotatable bonds is 4. The summed E-state index contributed by atoms with van der Waals surface area (Å²) in [4.78, 5) is 16.7. The van der Waals surface area contributed by atoms with Crippen molar-refractivity contribution in [3.05, 3.63) is 56.8 Å². The van der Waals surface area contributed by atoms with Crippen molar-refractivity contribution in [3.63, 3.8) is 0 Å². The topological polar surface area (TPSA) is 39.2 Å². The molecule has 0 saturated carbocycles. The molecular weight excluding hydrogens is 309 g/mol. The Bertz CT molecular complexity index is 699. The van der Waals surface area contributed by atoms with Crippen molar-refractivity contribution < 1.29 is 9.53 Å². The summed E-state index contributed by atoms with van der Waals surface area (Å²) in [5, 5.41) is 0.648. The number of methoxy groups -OCH3 is 1. The van der Waals surface area contributed by atoms with Crippen molar-refractivity contribution in [1.82, 2.24) is 4.98 Å². The lowest BCUT2D eigenvalue weighted by Gasteiger charge is -2.12. The van der Waals surface area contributed by atoms with Crippen LogP contribution in [0.25, 0.3) is 0 Å². The van der Waals surface area contributed by atoms with Crippen LogP contribution in [0, 0.1) is 13.8 Å². The third kappa shape index (κ3) is 3.20. The van der Waals surface area contributed by atoms with Crippen LogP contribution in [0.3, 0.4) is 0 Å². The molecule has 5 heteroatoms. The zero-order valence-corrected chi connectivity index (χ0v) is 13.5. The van der Waals surface area contributed by atoms with Gasteiger partial charge in [0.05, 0.1) is 29.3 Å². The number of ketones is 1. The number of pyridine rings is 1. The molecule has 110 valence electrons. The number of benzene rings is 1. The molecule has 1 aromatic carbocycles. The summed E-state index contributed by atoms with van der Waals surface area (Å²) in [5.41, 5.74) is 2.89. The minimum Gasteiger partial charge on any atom is -0.496 e. The van der Waals surface area contributed by atoms with E-state index >= 15 is 0 Å². The number of Topliss-reactive ketones (excluding diaryl/α,β-unsaturated/α-hetero) is 1. The SMILES string of the molecule is COc1c(C)cnc(CC(=O)c2cccc(Cl)c2Cl)c1C. The molecule has 21 heavy (non-hydrogen) atoms. The van der Waals surface area contributed by atoms with Gasteiger partial charge >= 0.3 is 0 Å². The van der Waals surface area contributed by atoms with Crippen molar-refractivity contribution in [2.45, 2.75) is 20.3 Å². The lowest BCUT2D eigenvalue weighted by Crippen LogP contribution is -2.09. The second-order valence-corrected chi connectivity index (χ2v) is 5.53. The first-order valence-electron chi connectivity index (χ1n) is 6.42.